The standard InChI is InChI=1S/C12H10F4N2O/c13-9-2-1-8(11(5-9)12(14,15)16)6-17-7-10-3-4-18-19-10/h1-5,17H,6-7H2. The van der Waals surface area contributed by atoms with E-state index in [1.165, 1.54) is 6.20 Å². The van der Waals surface area contributed by atoms with Gasteiger partial charge in [-0.2, -0.15) is 13.2 Å². The van der Waals surface area contributed by atoms with E-state index in [2.05, 4.69) is 10.5 Å². The van der Waals surface area contributed by atoms with Gasteiger partial charge in [0.05, 0.1) is 18.3 Å². The number of hydrogen-bond acceptors (Lipinski definition) is 3. The molecule has 1 N–H and O–H groups in total. The first-order valence-corrected chi connectivity index (χ1v) is 5.43. The van der Waals surface area contributed by atoms with Gasteiger partial charge < -0.3 is 9.84 Å². The maximum atomic E-state index is 12.9. The summed E-state index contributed by atoms with van der Waals surface area (Å²) < 4.78 is 55.8. The summed E-state index contributed by atoms with van der Waals surface area (Å²) in [6.45, 7) is 0.199. The van der Waals surface area contributed by atoms with Crippen LogP contribution in [0, 0.1) is 5.82 Å². The smallest absolute Gasteiger partial charge is 0.360 e. The van der Waals surface area contributed by atoms with Crippen LogP contribution in [0.25, 0.3) is 0 Å². The van der Waals surface area contributed by atoms with Crippen molar-refractivity contribution in [3.8, 4) is 0 Å². The molecule has 7 heteroatoms. The van der Waals surface area contributed by atoms with Crippen LogP contribution in [0.4, 0.5) is 17.6 Å². The van der Waals surface area contributed by atoms with Crippen LogP contribution in [0.5, 0.6) is 0 Å². The van der Waals surface area contributed by atoms with Crippen LogP contribution in [0.1, 0.15) is 16.9 Å². The molecule has 0 atom stereocenters. The van der Waals surface area contributed by atoms with Crippen LogP contribution in [-0.4, -0.2) is 5.16 Å². The average Bonchev–Trinajstić information content (AvgIpc) is 2.83. The Bertz CT molecular complexity index is 537. The molecule has 0 aliphatic heterocycles. The Hall–Kier alpha value is -1.89. The quantitative estimate of drug-likeness (QED) is 0.870. The summed E-state index contributed by atoms with van der Waals surface area (Å²) in [5, 5.41) is 6.25. The Morgan fingerprint density at radius 3 is 2.58 bits per heavy atom. The van der Waals surface area contributed by atoms with Gasteiger partial charge in [0.15, 0.2) is 0 Å². The highest BCUT2D eigenvalue weighted by molar-refractivity contribution is 5.30. The van der Waals surface area contributed by atoms with Crippen molar-refractivity contribution in [1.29, 1.82) is 0 Å². The molecule has 1 aromatic carbocycles. The molecule has 0 fully saturated rings. The van der Waals surface area contributed by atoms with Crippen molar-refractivity contribution in [2.45, 2.75) is 19.3 Å². The Balaban J connectivity index is 2.07. The van der Waals surface area contributed by atoms with Crippen LogP contribution < -0.4 is 5.32 Å². The van der Waals surface area contributed by atoms with Gasteiger partial charge in [-0.05, 0) is 17.7 Å². The van der Waals surface area contributed by atoms with Crippen molar-refractivity contribution in [2.75, 3.05) is 0 Å². The lowest BCUT2D eigenvalue weighted by atomic mass is 10.1. The molecule has 19 heavy (non-hydrogen) atoms. The fourth-order valence-corrected chi connectivity index (χ4v) is 1.62. The van der Waals surface area contributed by atoms with Gasteiger partial charge in [0, 0.05) is 12.6 Å². The summed E-state index contributed by atoms with van der Waals surface area (Å²) in [7, 11) is 0. The average molecular weight is 274 g/mol. The minimum Gasteiger partial charge on any atom is -0.360 e. The molecule has 102 valence electrons. The SMILES string of the molecule is Fc1ccc(CNCc2ccno2)c(C(F)(F)F)c1. The summed E-state index contributed by atoms with van der Waals surface area (Å²) >= 11 is 0. The van der Waals surface area contributed by atoms with E-state index in [1.54, 1.807) is 6.07 Å². The number of halogens is 4. The molecule has 0 amide bonds. The molecule has 0 saturated carbocycles. The minimum atomic E-state index is -4.58. The second-order valence-corrected chi connectivity index (χ2v) is 3.88. The predicted molar refractivity (Wildman–Crippen MR) is 58.4 cm³/mol. The van der Waals surface area contributed by atoms with Crippen molar-refractivity contribution in [3.05, 3.63) is 53.2 Å². The van der Waals surface area contributed by atoms with Crippen LogP contribution in [0.15, 0.2) is 35.0 Å². The normalized spacial score (nSPS) is 11.8. The molecule has 0 bridgehead atoms. The molecule has 3 nitrogen and oxygen atoms in total. The largest absolute Gasteiger partial charge is 0.416 e. The first-order chi connectivity index (χ1) is 8.97. The van der Waals surface area contributed by atoms with Crippen LogP contribution in [-0.2, 0) is 19.3 Å². The van der Waals surface area contributed by atoms with Crippen molar-refractivity contribution in [1.82, 2.24) is 10.5 Å². The van der Waals surface area contributed by atoms with Gasteiger partial charge in [0.1, 0.15) is 11.6 Å². The highest BCUT2D eigenvalue weighted by atomic mass is 19.4. The summed E-state index contributed by atoms with van der Waals surface area (Å²) in [6, 6.07) is 4.21. The topological polar surface area (TPSA) is 38.1 Å². The van der Waals surface area contributed by atoms with Gasteiger partial charge in [-0.3, -0.25) is 0 Å². The maximum Gasteiger partial charge on any atom is 0.416 e. The highest BCUT2D eigenvalue weighted by Gasteiger charge is 2.33. The van der Waals surface area contributed by atoms with Crippen molar-refractivity contribution in [2.24, 2.45) is 0 Å². The van der Waals surface area contributed by atoms with E-state index in [4.69, 9.17) is 4.52 Å². The molecule has 0 aliphatic rings. The van der Waals surface area contributed by atoms with E-state index in [0.717, 1.165) is 12.1 Å². The van der Waals surface area contributed by atoms with Crippen LogP contribution in [0.3, 0.4) is 0 Å². The Kier molecular flexibility index (Phi) is 3.84. The number of hydrogen-bond donors (Lipinski definition) is 1. The maximum absolute atomic E-state index is 12.9. The van der Waals surface area contributed by atoms with Gasteiger partial charge in [0.25, 0.3) is 0 Å². The molecule has 0 unspecified atom stereocenters. The van der Waals surface area contributed by atoms with Crippen molar-refractivity contribution >= 4 is 0 Å². The van der Waals surface area contributed by atoms with E-state index in [9.17, 15) is 17.6 Å². The lowest BCUT2D eigenvalue weighted by Gasteiger charge is -2.13. The highest BCUT2D eigenvalue weighted by Crippen LogP contribution is 2.32. The molecule has 2 rings (SSSR count). The molecule has 0 aliphatic carbocycles. The Morgan fingerprint density at radius 2 is 1.95 bits per heavy atom. The third kappa shape index (κ3) is 3.54. The molecule has 1 heterocycles. The molecule has 2 aromatic rings. The second kappa shape index (κ2) is 5.40. The van der Waals surface area contributed by atoms with Crippen molar-refractivity contribution < 1.29 is 22.1 Å². The second-order valence-electron chi connectivity index (χ2n) is 3.88. The molecule has 1 aromatic heterocycles. The van der Waals surface area contributed by atoms with Gasteiger partial charge >= 0.3 is 6.18 Å². The Morgan fingerprint density at radius 1 is 1.16 bits per heavy atom. The first-order valence-electron chi connectivity index (χ1n) is 5.43. The molecule has 0 radical (unpaired) electrons. The summed E-state index contributed by atoms with van der Waals surface area (Å²) in [5.74, 6) is -0.401. The number of rotatable bonds is 4. The number of benzene rings is 1. The predicted octanol–water partition coefficient (Wildman–Crippen LogP) is 3.12. The van der Waals surface area contributed by atoms with Gasteiger partial charge in [-0.25, -0.2) is 4.39 Å². The zero-order valence-corrected chi connectivity index (χ0v) is 9.67. The number of alkyl halides is 3. The molecular weight excluding hydrogens is 264 g/mol. The summed E-state index contributed by atoms with van der Waals surface area (Å²) in [6.07, 6.45) is -3.14. The third-order valence-electron chi connectivity index (χ3n) is 2.48. The monoisotopic (exact) mass is 274 g/mol. The van der Waals surface area contributed by atoms with Crippen LogP contribution in [0.2, 0.25) is 0 Å². The zero-order valence-electron chi connectivity index (χ0n) is 9.67. The lowest BCUT2D eigenvalue weighted by molar-refractivity contribution is -0.138. The fraction of sp³-hybridized carbons (Fsp3) is 0.250. The van der Waals surface area contributed by atoms with E-state index < -0.39 is 17.6 Å². The third-order valence-corrected chi connectivity index (χ3v) is 2.48. The van der Waals surface area contributed by atoms with Gasteiger partial charge in [0.2, 0.25) is 0 Å². The zero-order chi connectivity index (χ0) is 13.9. The Labute approximate surface area is 106 Å². The molecule has 0 spiro atoms. The van der Waals surface area contributed by atoms with Gasteiger partial charge in [-0.15, -0.1) is 0 Å². The van der Waals surface area contributed by atoms with Crippen LogP contribution >= 0.6 is 0 Å². The van der Waals surface area contributed by atoms with E-state index in [0.29, 0.717) is 11.8 Å². The minimum absolute atomic E-state index is 0.0200. The van der Waals surface area contributed by atoms with E-state index in [1.807, 2.05) is 0 Å². The van der Waals surface area contributed by atoms with E-state index in [-0.39, 0.29) is 18.7 Å². The fourth-order valence-electron chi connectivity index (χ4n) is 1.62. The number of nitrogens with zero attached hydrogens (tertiary/aromatic N) is 1. The van der Waals surface area contributed by atoms with Gasteiger partial charge in [-0.1, -0.05) is 11.2 Å². The summed E-state index contributed by atoms with van der Waals surface area (Å²) in [5.41, 5.74) is -0.994. The number of aromatic nitrogens is 1. The van der Waals surface area contributed by atoms with E-state index >= 15 is 0 Å². The lowest BCUT2D eigenvalue weighted by Crippen LogP contribution is -2.17. The molecular formula is C12H10F4N2O. The number of nitrogens with one attached hydrogen (secondary N) is 1. The molecule has 0 saturated heterocycles. The first kappa shape index (κ1) is 13.5. The van der Waals surface area contributed by atoms with Crippen molar-refractivity contribution in [3.63, 3.8) is 0 Å². The summed E-state index contributed by atoms with van der Waals surface area (Å²) in [4.78, 5) is 0.